The van der Waals surface area contributed by atoms with Gasteiger partial charge in [0.1, 0.15) is 23.1 Å². The lowest BCUT2D eigenvalue weighted by Crippen LogP contribution is -2.34. The van der Waals surface area contributed by atoms with E-state index in [9.17, 15) is 12.8 Å². The lowest BCUT2D eigenvalue weighted by atomic mass is 10.1. The van der Waals surface area contributed by atoms with Crippen molar-refractivity contribution in [3.63, 3.8) is 0 Å². The van der Waals surface area contributed by atoms with Crippen LogP contribution in [0.1, 0.15) is 24.1 Å². The van der Waals surface area contributed by atoms with Crippen LogP contribution in [0.15, 0.2) is 65.6 Å². The zero-order chi connectivity index (χ0) is 23.5. The minimum atomic E-state index is -4.10. The van der Waals surface area contributed by atoms with Gasteiger partial charge in [0.15, 0.2) is 0 Å². The number of benzene rings is 3. The standard InChI is InChI=1S/C24H26FNO5S/c1-16-13-18(25)9-12-24(16)32(27,28)26(19-7-6-8-20(14-19)29-3)17(2)22-15-21(30-4)10-11-23(22)31-5/h6-15,17H,1-5H3/t17-/m1/s1. The predicted molar refractivity (Wildman–Crippen MR) is 122 cm³/mol. The van der Waals surface area contributed by atoms with Crippen molar-refractivity contribution in [2.75, 3.05) is 25.6 Å². The first-order valence-electron chi connectivity index (χ1n) is 9.89. The summed E-state index contributed by atoms with van der Waals surface area (Å²) in [7, 11) is 0.464. The summed E-state index contributed by atoms with van der Waals surface area (Å²) in [5, 5.41) is 0. The Bertz CT molecular complexity index is 1210. The third-order valence-corrected chi connectivity index (χ3v) is 7.28. The van der Waals surface area contributed by atoms with Gasteiger partial charge in [-0.25, -0.2) is 12.8 Å². The fraction of sp³-hybridized carbons (Fsp3) is 0.250. The van der Waals surface area contributed by atoms with Crippen LogP contribution in [-0.4, -0.2) is 29.7 Å². The van der Waals surface area contributed by atoms with E-state index in [0.717, 1.165) is 6.07 Å². The van der Waals surface area contributed by atoms with E-state index in [1.54, 1.807) is 56.3 Å². The summed E-state index contributed by atoms with van der Waals surface area (Å²) >= 11 is 0. The molecule has 170 valence electrons. The highest BCUT2D eigenvalue weighted by Gasteiger charge is 2.33. The molecular formula is C24H26FNO5S. The molecule has 3 aromatic carbocycles. The van der Waals surface area contributed by atoms with Crippen molar-refractivity contribution in [3.05, 3.63) is 77.6 Å². The molecule has 32 heavy (non-hydrogen) atoms. The third kappa shape index (κ3) is 4.50. The molecule has 0 unspecified atom stereocenters. The normalized spacial score (nSPS) is 12.2. The Morgan fingerprint density at radius 1 is 0.875 bits per heavy atom. The van der Waals surface area contributed by atoms with Crippen LogP contribution in [0.4, 0.5) is 10.1 Å². The summed E-state index contributed by atoms with van der Waals surface area (Å²) in [6.45, 7) is 3.32. The average molecular weight is 460 g/mol. The summed E-state index contributed by atoms with van der Waals surface area (Å²) in [4.78, 5) is 0.00966. The Labute approximate surface area is 188 Å². The zero-order valence-corrected chi connectivity index (χ0v) is 19.4. The van der Waals surface area contributed by atoms with Crippen LogP contribution in [0.25, 0.3) is 0 Å². The Morgan fingerprint density at radius 2 is 1.56 bits per heavy atom. The number of halogens is 1. The number of aryl methyl sites for hydroxylation is 1. The fourth-order valence-corrected chi connectivity index (χ4v) is 5.46. The van der Waals surface area contributed by atoms with Crippen LogP contribution in [0.3, 0.4) is 0 Å². The number of hydrogen-bond donors (Lipinski definition) is 0. The quantitative estimate of drug-likeness (QED) is 0.468. The van der Waals surface area contributed by atoms with Crippen LogP contribution >= 0.6 is 0 Å². The summed E-state index contributed by atoms with van der Waals surface area (Å²) in [6.07, 6.45) is 0. The topological polar surface area (TPSA) is 65.1 Å². The Morgan fingerprint density at radius 3 is 2.19 bits per heavy atom. The molecule has 0 heterocycles. The van der Waals surface area contributed by atoms with Crippen LogP contribution in [0, 0.1) is 12.7 Å². The Balaban J connectivity index is 2.26. The average Bonchev–Trinajstić information content (AvgIpc) is 2.78. The van der Waals surface area contributed by atoms with Crippen LogP contribution in [-0.2, 0) is 10.0 Å². The Hall–Kier alpha value is -3.26. The van der Waals surface area contributed by atoms with Crippen molar-refractivity contribution in [2.24, 2.45) is 0 Å². The summed E-state index contributed by atoms with van der Waals surface area (Å²) in [6, 6.07) is 14.9. The van der Waals surface area contributed by atoms with E-state index >= 15 is 0 Å². The van der Waals surface area contributed by atoms with Gasteiger partial charge in [-0.1, -0.05) is 6.07 Å². The molecule has 0 radical (unpaired) electrons. The van der Waals surface area contributed by atoms with E-state index in [1.807, 2.05) is 0 Å². The molecule has 0 aliphatic carbocycles. The summed E-state index contributed by atoms with van der Waals surface area (Å²) in [5.74, 6) is 1.08. The third-order valence-electron chi connectivity index (χ3n) is 5.22. The van der Waals surface area contributed by atoms with Gasteiger partial charge >= 0.3 is 0 Å². The molecule has 0 fully saturated rings. The first-order valence-corrected chi connectivity index (χ1v) is 11.3. The van der Waals surface area contributed by atoms with Gasteiger partial charge < -0.3 is 14.2 Å². The first kappa shape index (κ1) is 23.4. The monoisotopic (exact) mass is 459 g/mol. The van der Waals surface area contributed by atoms with Crippen molar-refractivity contribution in [1.82, 2.24) is 0 Å². The van der Waals surface area contributed by atoms with Crippen LogP contribution in [0.2, 0.25) is 0 Å². The van der Waals surface area contributed by atoms with Gasteiger partial charge in [0, 0.05) is 11.6 Å². The predicted octanol–water partition coefficient (Wildman–Crippen LogP) is 5.12. The smallest absolute Gasteiger partial charge is 0.265 e. The maximum atomic E-state index is 13.9. The van der Waals surface area contributed by atoms with Gasteiger partial charge in [0.05, 0.1) is 38.0 Å². The van der Waals surface area contributed by atoms with Gasteiger partial charge in [0.2, 0.25) is 0 Å². The molecule has 3 rings (SSSR count). The van der Waals surface area contributed by atoms with Gasteiger partial charge in [-0.15, -0.1) is 0 Å². The van der Waals surface area contributed by atoms with Crippen molar-refractivity contribution >= 4 is 15.7 Å². The maximum Gasteiger partial charge on any atom is 0.265 e. The van der Waals surface area contributed by atoms with Crippen molar-refractivity contribution in [1.29, 1.82) is 0 Å². The molecule has 8 heteroatoms. The molecule has 0 aliphatic rings. The molecule has 0 bridgehead atoms. The molecular weight excluding hydrogens is 433 g/mol. The molecule has 0 spiro atoms. The number of anilines is 1. The minimum Gasteiger partial charge on any atom is -0.497 e. The second-order valence-corrected chi connectivity index (χ2v) is 8.98. The second kappa shape index (κ2) is 9.48. The highest BCUT2D eigenvalue weighted by Crippen LogP contribution is 2.39. The van der Waals surface area contributed by atoms with Crippen molar-refractivity contribution < 1.29 is 27.0 Å². The molecule has 0 saturated carbocycles. The molecule has 3 aromatic rings. The van der Waals surface area contributed by atoms with Crippen LogP contribution in [0.5, 0.6) is 17.2 Å². The highest BCUT2D eigenvalue weighted by molar-refractivity contribution is 7.92. The Kier molecular flexibility index (Phi) is 6.93. The van der Waals surface area contributed by atoms with E-state index < -0.39 is 21.9 Å². The number of rotatable bonds is 8. The van der Waals surface area contributed by atoms with Gasteiger partial charge in [0.25, 0.3) is 10.0 Å². The van der Waals surface area contributed by atoms with E-state index in [2.05, 4.69) is 0 Å². The first-order chi connectivity index (χ1) is 15.2. The largest absolute Gasteiger partial charge is 0.497 e. The number of hydrogen-bond acceptors (Lipinski definition) is 5. The molecule has 0 aromatic heterocycles. The molecule has 1 atom stereocenters. The zero-order valence-electron chi connectivity index (χ0n) is 18.6. The molecule has 6 nitrogen and oxygen atoms in total. The number of methoxy groups -OCH3 is 3. The minimum absolute atomic E-state index is 0.00966. The van der Waals surface area contributed by atoms with Crippen molar-refractivity contribution in [3.8, 4) is 17.2 Å². The summed E-state index contributed by atoms with van der Waals surface area (Å²) in [5.41, 5.74) is 1.31. The molecule has 0 amide bonds. The lowest BCUT2D eigenvalue weighted by Gasteiger charge is -2.32. The van der Waals surface area contributed by atoms with Gasteiger partial charge in [-0.05, 0) is 67.9 Å². The summed E-state index contributed by atoms with van der Waals surface area (Å²) < 4.78 is 59.0. The molecule has 0 saturated heterocycles. The van der Waals surface area contributed by atoms with E-state index in [-0.39, 0.29) is 4.90 Å². The number of ether oxygens (including phenoxy) is 3. The van der Waals surface area contributed by atoms with Crippen molar-refractivity contribution in [2.45, 2.75) is 24.8 Å². The van der Waals surface area contributed by atoms with E-state index in [0.29, 0.717) is 34.1 Å². The second-order valence-electron chi connectivity index (χ2n) is 7.20. The molecule has 0 N–H and O–H groups in total. The van der Waals surface area contributed by atoms with Gasteiger partial charge in [-0.2, -0.15) is 0 Å². The maximum absolute atomic E-state index is 13.9. The van der Waals surface area contributed by atoms with E-state index in [1.165, 1.54) is 37.8 Å². The SMILES string of the molecule is COc1cccc(N([C@H](C)c2cc(OC)ccc2OC)S(=O)(=O)c2ccc(F)cc2C)c1. The van der Waals surface area contributed by atoms with Crippen LogP contribution < -0.4 is 18.5 Å². The number of nitrogens with zero attached hydrogens (tertiary/aromatic N) is 1. The van der Waals surface area contributed by atoms with E-state index in [4.69, 9.17) is 14.2 Å². The number of sulfonamides is 1. The fourth-order valence-electron chi connectivity index (χ4n) is 3.62. The highest BCUT2D eigenvalue weighted by atomic mass is 32.2. The molecule has 0 aliphatic heterocycles. The van der Waals surface area contributed by atoms with Gasteiger partial charge in [-0.3, -0.25) is 4.31 Å². The lowest BCUT2D eigenvalue weighted by molar-refractivity contribution is 0.396.